The molecule has 0 amide bonds. The van der Waals surface area contributed by atoms with Crippen molar-refractivity contribution in [3.05, 3.63) is 18.0 Å². The van der Waals surface area contributed by atoms with Gasteiger partial charge < -0.3 is 20.1 Å². The lowest BCUT2D eigenvalue weighted by Crippen LogP contribution is -2.53. The highest BCUT2D eigenvalue weighted by Gasteiger charge is 2.45. The number of nitrogen functional groups attached to an aromatic ring is 1. The van der Waals surface area contributed by atoms with Gasteiger partial charge in [0.25, 0.3) is 0 Å². The lowest BCUT2D eigenvalue weighted by molar-refractivity contribution is -0.286. The van der Waals surface area contributed by atoms with Crippen LogP contribution in [0.15, 0.2) is 12.1 Å². The molecule has 0 bridgehead atoms. The number of hydrogen-bond acceptors (Lipinski definition) is 7. The summed E-state index contributed by atoms with van der Waals surface area (Å²) in [6.45, 7) is 7.41. The summed E-state index contributed by atoms with van der Waals surface area (Å²) >= 11 is 0. The Morgan fingerprint density at radius 3 is 2.70 bits per heavy atom. The van der Waals surface area contributed by atoms with Crippen molar-refractivity contribution in [2.75, 3.05) is 25.4 Å². The zero-order valence-electron chi connectivity index (χ0n) is 14.9. The third kappa shape index (κ3) is 2.62. The second-order valence-corrected chi connectivity index (χ2v) is 7.81. The summed E-state index contributed by atoms with van der Waals surface area (Å²) < 4.78 is 37.3. The SMILES string of the molecule is CC1(C)CN(CCc2nc3c4ccc5c(c4nc(N)n3n2)OC(F)(F)O5)C1. The maximum Gasteiger partial charge on any atom is 0.586 e. The molecule has 8 nitrogen and oxygen atoms in total. The summed E-state index contributed by atoms with van der Waals surface area (Å²) in [6.07, 6.45) is -3.05. The number of nitrogens with two attached hydrogens (primary N) is 1. The lowest BCUT2D eigenvalue weighted by Gasteiger charge is -2.45. The molecule has 2 N–H and O–H groups in total. The van der Waals surface area contributed by atoms with Crippen molar-refractivity contribution in [3.8, 4) is 11.5 Å². The van der Waals surface area contributed by atoms with Gasteiger partial charge >= 0.3 is 6.29 Å². The van der Waals surface area contributed by atoms with E-state index >= 15 is 0 Å². The minimum atomic E-state index is -3.72. The normalized spacial score (nSPS) is 20.3. The molecule has 142 valence electrons. The molecular formula is C17H18F2N6O2. The van der Waals surface area contributed by atoms with Crippen molar-refractivity contribution in [2.24, 2.45) is 5.41 Å². The van der Waals surface area contributed by atoms with Gasteiger partial charge in [0.05, 0.1) is 0 Å². The van der Waals surface area contributed by atoms with Crippen molar-refractivity contribution in [1.82, 2.24) is 24.5 Å². The van der Waals surface area contributed by atoms with Crippen LogP contribution >= 0.6 is 0 Å². The van der Waals surface area contributed by atoms with Crippen LogP contribution in [0.3, 0.4) is 0 Å². The predicted molar refractivity (Wildman–Crippen MR) is 92.8 cm³/mol. The predicted octanol–water partition coefficient (Wildman–Crippen LogP) is 2.07. The Morgan fingerprint density at radius 2 is 1.96 bits per heavy atom. The molecule has 1 saturated heterocycles. The number of nitrogens with zero attached hydrogens (tertiary/aromatic N) is 5. The van der Waals surface area contributed by atoms with Crippen LogP contribution in [-0.4, -0.2) is 50.4 Å². The van der Waals surface area contributed by atoms with Crippen LogP contribution in [0.4, 0.5) is 14.7 Å². The summed E-state index contributed by atoms with van der Waals surface area (Å²) in [5, 5.41) is 4.94. The number of fused-ring (bicyclic) bond motifs is 5. The Labute approximate surface area is 152 Å². The zero-order valence-corrected chi connectivity index (χ0v) is 14.9. The number of aromatic nitrogens is 4. The molecule has 1 aromatic carbocycles. The maximum absolute atomic E-state index is 13.4. The highest BCUT2D eigenvalue weighted by molar-refractivity contribution is 5.97. The van der Waals surface area contributed by atoms with Crippen LogP contribution in [0.5, 0.6) is 11.5 Å². The second-order valence-electron chi connectivity index (χ2n) is 7.81. The minimum absolute atomic E-state index is 0.0496. The van der Waals surface area contributed by atoms with Crippen LogP contribution in [-0.2, 0) is 6.42 Å². The number of benzene rings is 1. The fourth-order valence-electron chi connectivity index (χ4n) is 3.83. The van der Waals surface area contributed by atoms with E-state index in [4.69, 9.17) is 5.73 Å². The van der Waals surface area contributed by atoms with Crippen molar-refractivity contribution in [3.63, 3.8) is 0 Å². The molecule has 4 heterocycles. The van der Waals surface area contributed by atoms with Crippen molar-refractivity contribution in [2.45, 2.75) is 26.6 Å². The van der Waals surface area contributed by atoms with Gasteiger partial charge in [0.15, 0.2) is 23.0 Å². The number of halogens is 2. The molecule has 0 aliphatic carbocycles. The van der Waals surface area contributed by atoms with E-state index < -0.39 is 6.29 Å². The summed E-state index contributed by atoms with van der Waals surface area (Å²) in [5.41, 5.74) is 6.98. The van der Waals surface area contributed by atoms with Gasteiger partial charge in [-0.25, -0.2) is 9.97 Å². The fourth-order valence-corrected chi connectivity index (χ4v) is 3.83. The van der Waals surface area contributed by atoms with Crippen LogP contribution in [0, 0.1) is 5.41 Å². The van der Waals surface area contributed by atoms with Gasteiger partial charge in [-0.1, -0.05) is 13.8 Å². The molecule has 0 unspecified atom stereocenters. The molecule has 3 aromatic rings. The largest absolute Gasteiger partial charge is 0.586 e. The maximum atomic E-state index is 13.4. The van der Waals surface area contributed by atoms with Gasteiger partial charge in [-0.3, -0.25) is 0 Å². The van der Waals surface area contributed by atoms with E-state index in [9.17, 15) is 8.78 Å². The highest BCUT2D eigenvalue weighted by atomic mass is 19.3. The molecule has 0 radical (unpaired) electrons. The number of hydrogen-bond donors (Lipinski definition) is 1. The second kappa shape index (κ2) is 5.16. The first-order chi connectivity index (χ1) is 12.7. The summed E-state index contributed by atoms with van der Waals surface area (Å²) in [7, 11) is 0. The van der Waals surface area contributed by atoms with Crippen LogP contribution in [0.25, 0.3) is 16.6 Å². The molecule has 1 fully saturated rings. The summed E-state index contributed by atoms with van der Waals surface area (Å²) in [6, 6.07) is 3.02. The third-order valence-electron chi connectivity index (χ3n) is 4.84. The summed E-state index contributed by atoms with van der Waals surface area (Å²) in [4.78, 5) is 11.1. The molecule has 27 heavy (non-hydrogen) atoms. The Kier molecular flexibility index (Phi) is 3.14. The minimum Gasteiger partial charge on any atom is -0.395 e. The van der Waals surface area contributed by atoms with E-state index in [0.29, 0.717) is 28.7 Å². The van der Waals surface area contributed by atoms with Gasteiger partial charge in [0.1, 0.15) is 5.52 Å². The molecule has 0 spiro atoms. The molecule has 5 rings (SSSR count). The molecule has 2 aliphatic heterocycles. The van der Waals surface area contributed by atoms with Crippen molar-refractivity contribution in [1.29, 1.82) is 0 Å². The summed E-state index contributed by atoms with van der Waals surface area (Å²) in [5.74, 6) is 0.459. The van der Waals surface area contributed by atoms with Gasteiger partial charge in [0.2, 0.25) is 5.95 Å². The van der Waals surface area contributed by atoms with E-state index in [1.54, 1.807) is 6.07 Å². The number of likely N-dealkylation sites (tertiary alicyclic amines) is 1. The van der Waals surface area contributed by atoms with E-state index in [0.717, 1.165) is 19.6 Å². The zero-order chi connectivity index (χ0) is 19.0. The van der Waals surface area contributed by atoms with Crippen LogP contribution in [0.1, 0.15) is 19.7 Å². The monoisotopic (exact) mass is 376 g/mol. The van der Waals surface area contributed by atoms with E-state index in [1.165, 1.54) is 10.6 Å². The fraction of sp³-hybridized carbons (Fsp3) is 0.471. The number of rotatable bonds is 3. The van der Waals surface area contributed by atoms with E-state index in [-0.39, 0.29) is 23.0 Å². The molecule has 0 atom stereocenters. The molecule has 2 aliphatic rings. The Morgan fingerprint density at radius 1 is 1.19 bits per heavy atom. The molecule has 0 saturated carbocycles. The topological polar surface area (TPSA) is 90.8 Å². The highest BCUT2D eigenvalue weighted by Crippen LogP contribution is 2.45. The average Bonchev–Trinajstić information content (AvgIpc) is 3.11. The van der Waals surface area contributed by atoms with Crippen LogP contribution < -0.4 is 15.2 Å². The van der Waals surface area contributed by atoms with Gasteiger partial charge in [-0.15, -0.1) is 13.9 Å². The third-order valence-corrected chi connectivity index (χ3v) is 4.84. The standard InChI is InChI=1S/C17H18F2N6O2/c1-16(2)7-24(8-16)6-5-11-21-14-9-3-4-10-13(27-17(18,19)26-10)12(9)22-15(20)25(14)23-11/h3-4H,5-8H2,1-2H3,(H2,20,22). The van der Waals surface area contributed by atoms with Gasteiger partial charge in [-0.2, -0.15) is 4.52 Å². The molecule has 10 heteroatoms. The quantitative estimate of drug-likeness (QED) is 0.748. The van der Waals surface area contributed by atoms with E-state index in [2.05, 4.69) is 43.3 Å². The van der Waals surface area contributed by atoms with E-state index in [1.807, 2.05) is 0 Å². The molecule has 2 aromatic heterocycles. The Balaban J connectivity index is 1.51. The van der Waals surface area contributed by atoms with Crippen molar-refractivity contribution < 1.29 is 18.3 Å². The first-order valence-electron chi connectivity index (χ1n) is 8.67. The first kappa shape index (κ1) is 16.4. The first-order valence-corrected chi connectivity index (χ1v) is 8.67. The number of anilines is 1. The van der Waals surface area contributed by atoms with Crippen LogP contribution in [0.2, 0.25) is 0 Å². The number of alkyl halides is 2. The average molecular weight is 376 g/mol. The lowest BCUT2D eigenvalue weighted by atomic mass is 9.84. The Hall–Kier alpha value is -2.75. The number of ether oxygens (including phenoxy) is 2. The Bertz CT molecular complexity index is 1070. The van der Waals surface area contributed by atoms with Crippen molar-refractivity contribution >= 4 is 22.5 Å². The van der Waals surface area contributed by atoms with Gasteiger partial charge in [0, 0.05) is 31.4 Å². The smallest absolute Gasteiger partial charge is 0.395 e. The molecular weight excluding hydrogens is 358 g/mol. The van der Waals surface area contributed by atoms with Gasteiger partial charge in [-0.05, 0) is 17.5 Å².